The number of anilines is 1. The molecule has 1 aliphatic carbocycles. The summed E-state index contributed by atoms with van der Waals surface area (Å²) in [7, 11) is 0. The van der Waals surface area contributed by atoms with Crippen molar-refractivity contribution in [2.45, 2.75) is 19.3 Å². The summed E-state index contributed by atoms with van der Waals surface area (Å²) in [4.78, 5) is 9.00. The smallest absolute Gasteiger partial charge is 0.204 e. The number of nitrogens with zero attached hydrogens (tertiary/aromatic N) is 3. The van der Waals surface area contributed by atoms with E-state index in [0.29, 0.717) is 0 Å². The molecule has 3 aromatic rings. The van der Waals surface area contributed by atoms with Crippen LogP contribution < -0.4 is 5.43 Å². The molecule has 4 rings (SSSR count). The van der Waals surface area contributed by atoms with E-state index in [1.54, 1.807) is 11.3 Å². The fourth-order valence-electron chi connectivity index (χ4n) is 2.61. The van der Waals surface area contributed by atoms with E-state index in [1.165, 1.54) is 10.3 Å². The molecule has 0 amide bonds. The Hall–Kier alpha value is -2.27. The number of pyridine rings is 1. The van der Waals surface area contributed by atoms with Gasteiger partial charge in [0.25, 0.3) is 0 Å². The molecule has 5 heteroatoms. The molecule has 1 N–H and O–H groups in total. The molecule has 104 valence electrons. The van der Waals surface area contributed by atoms with E-state index >= 15 is 0 Å². The zero-order chi connectivity index (χ0) is 14.1. The highest BCUT2D eigenvalue weighted by Gasteiger charge is 2.16. The second-order valence-electron chi connectivity index (χ2n) is 5.02. The van der Waals surface area contributed by atoms with E-state index in [2.05, 4.69) is 32.6 Å². The fraction of sp³-hybridized carbons (Fsp3) is 0.188. The van der Waals surface area contributed by atoms with Gasteiger partial charge < -0.3 is 0 Å². The molecule has 0 atom stereocenters. The summed E-state index contributed by atoms with van der Waals surface area (Å²) >= 11 is 1.62. The van der Waals surface area contributed by atoms with Crippen molar-refractivity contribution in [3.63, 3.8) is 0 Å². The van der Waals surface area contributed by atoms with Crippen LogP contribution in [-0.4, -0.2) is 15.7 Å². The maximum Gasteiger partial charge on any atom is 0.204 e. The minimum atomic E-state index is 0.826. The van der Waals surface area contributed by atoms with Crippen molar-refractivity contribution < 1.29 is 0 Å². The minimum absolute atomic E-state index is 0.826. The normalized spacial score (nSPS) is 16.1. The maximum absolute atomic E-state index is 4.54. The molecular weight excluding hydrogens is 280 g/mol. The van der Waals surface area contributed by atoms with Crippen LogP contribution in [0.15, 0.2) is 47.7 Å². The van der Waals surface area contributed by atoms with Crippen LogP contribution in [0.4, 0.5) is 5.13 Å². The topological polar surface area (TPSA) is 50.2 Å². The van der Waals surface area contributed by atoms with Gasteiger partial charge in [0.1, 0.15) is 0 Å². The van der Waals surface area contributed by atoms with Gasteiger partial charge in [-0.1, -0.05) is 29.5 Å². The van der Waals surface area contributed by atoms with Crippen molar-refractivity contribution in [1.29, 1.82) is 0 Å². The summed E-state index contributed by atoms with van der Waals surface area (Å²) < 4.78 is 1.17. The lowest BCUT2D eigenvalue weighted by molar-refractivity contribution is 0.824. The second-order valence-corrected chi connectivity index (χ2v) is 6.05. The molecule has 0 aliphatic heterocycles. The first-order valence-electron chi connectivity index (χ1n) is 7.02. The number of fused-ring (bicyclic) bond motifs is 2. The zero-order valence-corrected chi connectivity index (χ0v) is 12.2. The Morgan fingerprint density at radius 2 is 2.05 bits per heavy atom. The Bertz CT molecular complexity index is 789. The van der Waals surface area contributed by atoms with Gasteiger partial charge in [0.2, 0.25) is 5.13 Å². The Morgan fingerprint density at radius 1 is 1.10 bits per heavy atom. The number of hydrazone groups is 1. The predicted molar refractivity (Wildman–Crippen MR) is 87.0 cm³/mol. The number of rotatable bonds is 2. The van der Waals surface area contributed by atoms with Crippen LogP contribution in [-0.2, 0) is 6.42 Å². The van der Waals surface area contributed by atoms with Crippen molar-refractivity contribution >= 4 is 32.4 Å². The first kappa shape index (κ1) is 12.5. The number of aromatic nitrogens is 2. The summed E-state index contributed by atoms with van der Waals surface area (Å²) in [6.07, 6.45) is 5.00. The van der Waals surface area contributed by atoms with E-state index < -0.39 is 0 Å². The van der Waals surface area contributed by atoms with Crippen LogP contribution in [0.3, 0.4) is 0 Å². The Balaban J connectivity index is 1.64. The van der Waals surface area contributed by atoms with Gasteiger partial charge in [0.05, 0.1) is 21.6 Å². The van der Waals surface area contributed by atoms with Crippen LogP contribution in [0.5, 0.6) is 0 Å². The van der Waals surface area contributed by atoms with Crippen LogP contribution in [0.1, 0.15) is 24.1 Å². The second kappa shape index (κ2) is 5.26. The molecule has 0 spiro atoms. The Morgan fingerprint density at radius 3 is 3.00 bits per heavy atom. The molecule has 4 nitrogen and oxygen atoms in total. The average Bonchev–Trinajstić information content (AvgIpc) is 2.96. The molecule has 1 aromatic carbocycles. The molecule has 1 aliphatic rings. The average molecular weight is 294 g/mol. The van der Waals surface area contributed by atoms with E-state index in [9.17, 15) is 0 Å². The fourth-order valence-corrected chi connectivity index (χ4v) is 3.42. The highest BCUT2D eigenvalue weighted by Crippen LogP contribution is 2.26. The van der Waals surface area contributed by atoms with Gasteiger partial charge in [-0.25, -0.2) is 4.98 Å². The summed E-state index contributed by atoms with van der Waals surface area (Å²) in [6.45, 7) is 0. The molecule has 0 bridgehead atoms. The highest BCUT2D eigenvalue weighted by atomic mass is 32.1. The monoisotopic (exact) mass is 294 g/mol. The van der Waals surface area contributed by atoms with Crippen molar-refractivity contribution in [1.82, 2.24) is 9.97 Å². The van der Waals surface area contributed by atoms with Gasteiger partial charge in [-0.05, 0) is 43.0 Å². The standard InChI is InChI=1S/C16H14N4S/c1-2-9-14-12(7-1)18-16(21-14)20-19-13-8-3-5-11-6-4-10-17-15(11)13/h1-2,4,6-7,9-10H,3,5,8H2,(H,18,20)/b19-13+. The molecule has 2 heterocycles. The number of aryl methyl sites for hydroxylation is 1. The molecule has 0 fully saturated rings. The van der Waals surface area contributed by atoms with E-state index in [-0.39, 0.29) is 0 Å². The summed E-state index contributed by atoms with van der Waals surface area (Å²) in [5.41, 5.74) is 7.44. The molecule has 21 heavy (non-hydrogen) atoms. The van der Waals surface area contributed by atoms with Crippen LogP contribution >= 0.6 is 11.3 Å². The summed E-state index contributed by atoms with van der Waals surface area (Å²) in [5.74, 6) is 0. The Kier molecular flexibility index (Phi) is 3.12. The van der Waals surface area contributed by atoms with Gasteiger partial charge in [-0.15, -0.1) is 0 Å². The Labute approximate surface area is 126 Å². The number of benzene rings is 1. The highest BCUT2D eigenvalue weighted by molar-refractivity contribution is 7.22. The zero-order valence-electron chi connectivity index (χ0n) is 11.4. The van der Waals surface area contributed by atoms with E-state index in [1.807, 2.05) is 30.5 Å². The van der Waals surface area contributed by atoms with Crippen LogP contribution in [0.2, 0.25) is 0 Å². The van der Waals surface area contributed by atoms with Crippen molar-refractivity contribution in [3.8, 4) is 0 Å². The third-order valence-electron chi connectivity index (χ3n) is 3.60. The molecule has 0 saturated carbocycles. The third-order valence-corrected chi connectivity index (χ3v) is 4.55. The van der Waals surface area contributed by atoms with Gasteiger partial charge in [-0.3, -0.25) is 10.4 Å². The SMILES string of the molecule is c1cnc2c(c1)CCC/C2=N\Nc1nc2ccccc2s1. The minimum Gasteiger partial charge on any atom is -0.255 e. The van der Waals surface area contributed by atoms with Crippen LogP contribution in [0, 0.1) is 0 Å². The van der Waals surface area contributed by atoms with Gasteiger partial charge in [-0.2, -0.15) is 5.10 Å². The number of para-hydroxylation sites is 1. The van der Waals surface area contributed by atoms with Gasteiger partial charge in [0.15, 0.2) is 0 Å². The van der Waals surface area contributed by atoms with E-state index in [0.717, 1.165) is 41.3 Å². The third kappa shape index (κ3) is 2.40. The van der Waals surface area contributed by atoms with Crippen molar-refractivity contribution in [2.75, 3.05) is 5.43 Å². The van der Waals surface area contributed by atoms with Crippen molar-refractivity contribution in [3.05, 3.63) is 53.9 Å². The van der Waals surface area contributed by atoms with E-state index in [4.69, 9.17) is 0 Å². The molecular formula is C16H14N4S. The van der Waals surface area contributed by atoms with Crippen molar-refractivity contribution in [2.24, 2.45) is 5.10 Å². The quantitative estimate of drug-likeness (QED) is 0.730. The predicted octanol–water partition coefficient (Wildman–Crippen LogP) is 3.84. The number of thiazole rings is 1. The van der Waals surface area contributed by atoms with Crippen LogP contribution in [0.25, 0.3) is 10.2 Å². The molecule has 0 unspecified atom stereocenters. The summed E-state index contributed by atoms with van der Waals surface area (Å²) in [6, 6.07) is 12.2. The molecule has 2 aromatic heterocycles. The number of nitrogens with one attached hydrogen (secondary N) is 1. The number of hydrogen-bond donors (Lipinski definition) is 1. The molecule has 0 radical (unpaired) electrons. The lowest BCUT2D eigenvalue weighted by atomic mass is 9.95. The number of hydrogen-bond acceptors (Lipinski definition) is 5. The first-order chi connectivity index (χ1) is 10.4. The lowest BCUT2D eigenvalue weighted by Gasteiger charge is -2.15. The van der Waals surface area contributed by atoms with Gasteiger partial charge in [0, 0.05) is 6.20 Å². The largest absolute Gasteiger partial charge is 0.255 e. The lowest BCUT2D eigenvalue weighted by Crippen LogP contribution is -2.15. The summed E-state index contributed by atoms with van der Waals surface area (Å²) in [5, 5.41) is 5.37. The molecule has 0 saturated heterocycles. The first-order valence-corrected chi connectivity index (χ1v) is 7.84. The van der Waals surface area contributed by atoms with Gasteiger partial charge >= 0.3 is 0 Å². The maximum atomic E-state index is 4.54.